The van der Waals surface area contributed by atoms with E-state index in [-0.39, 0.29) is 87.4 Å². The van der Waals surface area contributed by atoms with Crippen LogP contribution in [-0.2, 0) is 59.2 Å². The molecule has 0 fully saturated rings. The van der Waals surface area contributed by atoms with E-state index in [0.717, 1.165) is 29.8 Å². The third kappa shape index (κ3) is 14.2. The fourth-order valence-electron chi connectivity index (χ4n) is 11.7. The number of aromatic nitrogens is 1. The Labute approximate surface area is 550 Å². The Kier molecular flexibility index (Phi) is 18.1. The summed E-state index contributed by atoms with van der Waals surface area (Å²) in [5.74, 6) is -10.6. The minimum absolute atomic E-state index is 0.0420. The van der Waals surface area contributed by atoms with Gasteiger partial charge in [-0.2, -0.15) is 0 Å². The van der Waals surface area contributed by atoms with Crippen LogP contribution in [-0.4, -0.2) is 108 Å². The number of aromatic hydroxyl groups is 5. The lowest BCUT2D eigenvalue weighted by Crippen LogP contribution is -2.57. The maximum absolute atomic E-state index is 15.8. The number of hydrogen-bond acceptors (Lipinski definition) is 15. The van der Waals surface area contributed by atoms with Gasteiger partial charge in [0.15, 0.2) is 29.0 Å². The summed E-state index contributed by atoms with van der Waals surface area (Å²) in [4.78, 5) is 121. The smallest absolute Gasteiger partial charge is 0.330 e. The van der Waals surface area contributed by atoms with Gasteiger partial charge in [0.2, 0.25) is 35.4 Å². The van der Waals surface area contributed by atoms with Crippen LogP contribution >= 0.6 is 11.6 Å². The van der Waals surface area contributed by atoms with Gasteiger partial charge in [0.25, 0.3) is 0 Å². The van der Waals surface area contributed by atoms with Crippen molar-refractivity contribution in [1.29, 1.82) is 0 Å². The van der Waals surface area contributed by atoms with Gasteiger partial charge >= 0.3 is 12.0 Å². The van der Waals surface area contributed by atoms with Gasteiger partial charge in [-0.1, -0.05) is 90.5 Å². The van der Waals surface area contributed by atoms with E-state index in [4.69, 9.17) is 21.1 Å². The summed E-state index contributed by atoms with van der Waals surface area (Å²) in [5.41, 5.74) is 2.64. The number of ether oxygens (including phenoxy) is 2. The minimum atomic E-state index is -2.01. The molecule has 15 rings (SSSR count). The number of carboxylic acid groups (broad SMARTS) is 1. The van der Waals surface area contributed by atoms with Gasteiger partial charge in [0.05, 0.1) is 5.02 Å². The number of carboxylic acids is 1. The number of fused-ring (bicyclic) bond motifs is 14. The molecule has 488 valence electrons. The highest BCUT2D eigenvalue weighted by molar-refractivity contribution is 6.32. The second-order valence-electron chi connectivity index (χ2n) is 23.2. The number of amides is 8. The maximum atomic E-state index is 15.8. The summed E-state index contributed by atoms with van der Waals surface area (Å²) < 4.78 is 12.4. The summed E-state index contributed by atoms with van der Waals surface area (Å²) >= 11 is 6.88. The maximum Gasteiger partial charge on any atom is 0.330 e. The molecule has 0 saturated carbocycles. The Morgan fingerprint density at radius 1 is 0.573 bits per heavy atom. The Balaban J connectivity index is 0.975. The zero-order chi connectivity index (χ0) is 67.5. The van der Waals surface area contributed by atoms with E-state index >= 15 is 19.2 Å². The second kappa shape index (κ2) is 27.1. The zero-order valence-electron chi connectivity index (χ0n) is 50.4. The molecule has 4 unspecified atom stereocenters. The SMILES string of the molecule is O=C(NCCc1ccccc1)N[C@H](Cc1ccc(O)cc1)C(=O)NC1Cc2c[nH]c3cc(ccc23)-c2cc3cc(c2O)Oc2ccc(cc2)C[C@H]2NC(=O)C(NC(=O)C3NC(=O)[C@@H](c3cc(O)cc(O)c3)NC1=O)c1ccc(c(Cl)c1)Oc1cc(ccc1O)C(C(=O)O)NC2=O. The molecule has 8 amide bonds. The third-order valence-electron chi connectivity index (χ3n) is 16.6. The van der Waals surface area contributed by atoms with Crippen molar-refractivity contribution >= 4 is 69.9 Å². The first-order valence-corrected chi connectivity index (χ1v) is 30.5. The Hall–Kier alpha value is -12.3. The molecule has 15 N–H and O–H groups in total. The highest BCUT2D eigenvalue weighted by Gasteiger charge is 2.39. The predicted octanol–water partition coefficient (Wildman–Crippen LogP) is 6.96. The van der Waals surface area contributed by atoms with Crippen LogP contribution < -0.4 is 52.0 Å². The monoisotopic (exact) mass is 1320 g/mol. The van der Waals surface area contributed by atoms with Crippen molar-refractivity contribution in [2.24, 2.45) is 0 Å². The first-order valence-electron chi connectivity index (χ1n) is 30.2. The number of hydrogen-bond donors (Lipinski definition) is 15. The van der Waals surface area contributed by atoms with E-state index in [2.05, 4.69) is 47.5 Å². The van der Waals surface area contributed by atoms with Gasteiger partial charge in [-0.15, -0.1) is 0 Å². The van der Waals surface area contributed by atoms with Gasteiger partial charge in [-0.05, 0) is 135 Å². The molecule has 7 atom stereocenters. The first-order chi connectivity index (χ1) is 46.2. The van der Waals surface area contributed by atoms with Crippen molar-refractivity contribution < 1.29 is 78.5 Å². The average Bonchev–Trinajstić information content (AvgIpc) is 1.33. The second-order valence-corrected chi connectivity index (χ2v) is 23.6. The van der Waals surface area contributed by atoms with Gasteiger partial charge < -0.3 is 87.6 Å². The first kappa shape index (κ1) is 63.9. The number of phenols is 5. The molecule has 6 aliphatic rings. The molecule has 15 bridgehead atoms. The Morgan fingerprint density at radius 3 is 1.95 bits per heavy atom. The molecule has 26 heteroatoms. The van der Waals surface area contributed by atoms with E-state index in [1.54, 1.807) is 48.7 Å². The predicted molar refractivity (Wildman–Crippen MR) is 346 cm³/mol. The van der Waals surface area contributed by atoms with Crippen LogP contribution in [0.4, 0.5) is 4.79 Å². The number of aromatic amines is 1. The molecule has 0 aliphatic carbocycles. The number of nitrogens with one attached hydrogen (secondary N) is 9. The number of H-pyrrole nitrogens is 1. The molecular weight excluding hydrogens is 1260 g/mol. The van der Waals surface area contributed by atoms with Crippen LogP contribution in [0.3, 0.4) is 0 Å². The third-order valence-corrected chi connectivity index (χ3v) is 16.9. The molecule has 6 aliphatic heterocycles. The quantitative estimate of drug-likeness (QED) is 0.0657. The number of carbonyl (C=O) groups is 8. The fraction of sp³-hybridized carbons (Fsp3) is 0.171. The molecule has 0 saturated heterocycles. The summed E-state index contributed by atoms with van der Waals surface area (Å²) in [5, 5.41) is 87.7. The van der Waals surface area contributed by atoms with E-state index in [9.17, 15) is 49.8 Å². The van der Waals surface area contributed by atoms with E-state index in [1.807, 2.05) is 30.3 Å². The number of benzene rings is 8. The summed E-state index contributed by atoms with van der Waals surface area (Å²) in [6.45, 7) is 0.178. The zero-order valence-corrected chi connectivity index (χ0v) is 51.1. The van der Waals surface area contributed by atoms with Crippen molar-refractivity contribution in [2.45, 2.75) is 68.0 Å². The molecule has 0 radical (unpaired) electrons. The lowest BCUT2D eigenvalue weighted by atomic mass is 9.94. The fourth-order valence-corrected chi connectivity index (χ4v) is 11.9. The Morgan fingerprint density at radius 2 is 1.24 bits per heavy atom. The standard InChI is InChI=1S/C70H60ClN9O16/c71-49-27-38-12-19-55(49)96-56-30-39(11-18-54(56)84)61(69(92)93)80-64(87)51-22-36-8-15-46(16-9-36)95-57-31-41-26-48(62(57)85)37-10-17-47-42(33-73-50(47)28-37)29-53(74-63(86)52(23-35-6-13-43(81)14-7-35)76-70(94)72-21-20-34-4-2-1-3-5-34)65(88)77-59(40-24-44(82)32-45(83)25-40)67(90)79-60(41)68(91)78-58(38)66(89)75-51/h1-19,24-28,30-33,51-53,58-61,73,81-85H,20-23,29H2,(H,74,86)(H,75,89)(H,77,88)(H,78,91)(H,79,90)(H,80,87)(H,92,93)(H2,72,76,94)/t51-,52-,53?,58?,59-,60?,61?/m1/s1. The van der Waals surface area contributed by atoms with Crippen LogP contribution in [0.5, 0.6) is 51.7 Å². The van der Waals surface area contributed by atoms with E-state index < -0.39 is 113 Å². The average molecular weight is 1320 g/mol. The number of carbonyl (C=O) groups excluding carboxylic acids is 7. The van der Waals surface area contributed by atoms with Crippen LogP contribution in [0, 0.1) is 0 Å². The van der Waals surface area contributed by atoms with Gasteiger partial charge in [-0.3, -0.25) is 28.8 Å². The molecule has 96 heavy (non-hydrogen) atoms. The number of halogens is 1. The van der Waals surface area contributed by atoms with Crippen LogP contribution in [0.1, 0.15) is 68.7 Å². The molecular formula is C70H60ClN9O16. The van der Waals surface area contributed by atoms with Gasteiger partial charge in [0.1, 0.15) is 65.0 Å². The van der Waals surface area contributed by atoms with E-state index in [0.29, 0.717) is 39.6 Å². The molecule has 1 aromatic heterocycles. The van der Waals surface area contributed by atoms with Crippen molar-refractivity contribution in [3.63, 3.8) is 0 Å². The molecule has 25 nitrogen and oxygen atoms in total. The number of urea groups is 1. The summed E-state index contributed by atoms with van der Waals surface area (Å²) in [6, 6.07) is 26.5. The van der Waals surface area contributed by atoms with Gasteiger partial charge in [-0.25, -0.2) is 9.59 Å². The largest absolute Gasteiger partial charge is 0.508 e. The van der Waals surface area contributed by atoms with Crippen LogP contribution in [0.25, 0.3) is 22.0 Å². The lowest BCUT2D eigenvalue weighted by molar-refractivity contribution is -0.142. The molecule has 9 aromatic rings. The molecule has 8 aromatic carbocycles. The van der Waals surface area contributed by atoms with Crippen molar-refractivity contribution in [2.75, 3.05) is 6.54 Å². The van der Waals surface area contributed by atoms with E-state index in [1.165, 1.54) is 66.7 Å². The van der Waals surface area contributed by atoms with Crippen molar-refractivity contribution in [1.82, 2.24) is 47.5 Å². The summed E-state index contributed by atoms with van der Waals surface area (Å²) in [7, 11) is 0. The van der Waals surface area contributed by atoms with Crippen molar-refractivity contribution in [3.8, 4) is 62.9 Å². The van der Waals surface area contributed by atoms with Crippen LogP contribution in [0.15, 0.2) is 170 Å². The van der Waals surface area contributed by atoms with Crippen molar-refractivity contribution in [3.05, 3.63) is 220 Å². The normalized spacial score (nSPS) is 18.9. The number of phenolic OH excluding ortho intramolecular Hbond substituents is 5. The highest BCUT2D eigenvalue weighted by Crippen LogP contribution is 2.44. The summed E-state index contributed by atoms with van der Waals surface area (Å²) in [6.07, 6.45) is 1.30. The number of aliphatic carboxylic acids is 1. The molecule has 7 heterocycles. The van der Waals surface area contributed by atoms with Gasteiger partial charge in [0, 0.05) is 54.5 Å². The minimum Gasteiger partial charge on any atom is -0.508 e. The van der Waals surface area contributed by atoms with Crippen LogP contribution in [0.2, 0.25) is 5.02 Å². The Bertz CT molecular complexity index is 4550. The number of rotatable bonds is 10. The lowest BCUT2D eigenvalue weighted by Gasteiger charge is -2.29. The highest BCUT2D eigenvalue weighted by atomic mass is 35.5. The molecule has 0 spiro atoms. The topological polar surface area (TPSA) is 388 Å².